The lowest BCUT2D eigenvalue weighted by Crippen LogP contribution is -2.51. The molecule has 0 bridgehead atoms. The number of nitrogens with zero attached hydrogens (tertiary/aromatic N) is 1. The summed E-state index contributed by atoms with van der Waals surface area (Å²) in [6, 6.07) is 4.66. The molecule has 1 aromatic carbocycles. The van der Waals surface area contributed by atoms with Gasteiger partial charge in [-0.15, -0.1) is 0 Å². The molecule has 5 heteroatoms. The highest BCUT2D eigenvalue weighted by Gasteiger charge is 2.33. The van der Waals surface area contributed by atoms with Gasteiger partial charge in [0, 0.05) is 13.1 Å². The fourth-order valence-electron chi connectivity index (χ4n) is 2.57. The molecule has 0 unspecified atom stereocenters. The highest BCUT2D eigenvalue weighted by Crippen LogP contribution is 2.25. The Morgan fingerprint density at radius 1 is 1.33 bits per heavy atom. The first-order valence-electron chi connectivity index (χ1n) is 7.10. The van der Waals surface area contributed by atoms with Crippen LogP contribution in [0.25, 0.3) is 0 Å². The van der Waals surface area contributed by atoms with Crippen LogP contribution in [0.2, 0.25) is 0 Å². The molecule has 0 radical (unpaired) electrons. The molecule has 0 saturated heterocycles. The first-order valence-corrected chi connectivity index (χ1v) is 7.10. The summed E-state index contributed by atoms with van der Waals surface area (Å²) in [5.74, 6) is -0.994. The summed E-state index contributed by atoms with van der Waals surface area (Å²) in [4.78, 5) is 25.4. The van der Waals surface area contributed by atoms with Crippen LogP contribution in [-0.4, -0.2) is 34.5 Å². The van der Waals surface area contributed by atoms with Gasteiger partial charge in [0.25, 0.3) is 0 Å². The minimum absolute atomic E-state index is 0.0751. The van der Waals surface area contributed by atoms with Gasteiger partial charge in [-0.1, -0.05) is 32.9 Å². The number of carbonyl (C=O) groups is 2. The molecule has 1 atom stereocenters. The van der Waals surface area contributed by atoms with Gasteiger partial charge in [0.15, 0.2) is 0 Å². The fraction of sp³-hybridized carbons (Fsp3) is 0.500. The van der Waals surface area contributed by atoms with Crippen molar-refractivity contribution in [3.63, 3.8) is 0 Å². The van der Waals surface area contributed by atoms with Crippen molar-refractivity contribution in [2.24, 2.45) is 11.1 Å². The van der Waals surface area contributed by atoms with Gasteiger partial charge in [-0.3, -0.25) is 4.79 Å². The molecule has 2 rings (SSSR count). The molecule has 0 aromatic heterocycles. The van der Waals surface area contributed by atoms with Crippen molar-refractivity contribution in [1.82, 2.24) is 4.90 Å². The zero-order valence-electron chi connectivity index (χ0n) is 12.7. The van der Waals surface area contributed by atoms with Gasteiger partial charge in [0.05, 0.1) is 11.6 Å². The highest BCUT2D eigenvalue weighted by molar-refractivity contribution is 5.90. The Morgan fingerprint density at radius 3 is 2.57 bits per heavy atom. The number of amides is 1. The minimum Gasteiger partial charge on any atom is -0.478 e. The maximum atomic E-state index is 12.5. The average molecular weight is 290 g/mol. The van der Waals surface area contributed by atoms with E-state index in [4.69, 9.17) is 5.73 Å². The summed E-state index contributed by atoms with van der Waals surface area (Å²) in [5, 5.41) is 9.21. The van der Waals surface area contributed by atoms with E-state index < -0.39 is 12.0 Å². The lowest BCUT2D eigenvalue weighted by molar-refractivity contribution is -0.135. The third-order valence-electron chi connectivity index (χ3n) is 4.01. The van der Waals surface area contributed by atoms with E-state index >= 15 is 0 Å². The number of hydrogen-bond donors (Lipinski definition) is 2. The number of aromatic carboxylic acids is 1. The van der Waals surface area contributed by atoms with E-state index in [1.807, 2.05) is 26.8 Å². The average Bonchev–Trinajstić information content (AvgIpc) is 2.43. The van der Waals surface area contributed by atoms with Crippen LogP contribution in [-0.2, 0) is 17.8 Å². The molecule has 0 saturated carbocycles. The van der Waals surface area contributed by atoms with E-state index in [1.54, 1.807) is 17.0 Å². The monoisotopic (exact) mass is 290 g/mol. The van der Waals surface area contributed by atoms with Crippen molar-refractivity contribution < 1.29 is 14.7 Å². The van der Waals surface area contributed by atoms with E-state index in [9.17, 15) is 14.7 Å². The number of carboxylic acids is 1. The zero-order chi connectivity index (χ0) is 15.8. The van der Waals surface area contributed by atoms with E-state index in [0.717, 1.165) is 11.1 Å². The molecule has 1 heterocycles. The van der Waals surface area contributed by atoms with Crippen molar-refractivity contribution in [3.8, 4) is 0 Å². The Labute approximate surface area is 124 Å². The van der Waals surface area contributed by atoms with Crippen LogP contribution in [0.15, 0.2) is 18.2 Å². The molecule has 0 aliphatic carbocycles. The molecule has 114 valence electrons. The first kappa shape index (κ1) is 15.5. The summed E-state index contributed by atoms with van der Waals surface area (Å²) in [6.45, 7) is 6.76. The van der Waals surface area contributed by atoms with Crippen molar-refractivity contribution in [2.45, 2.75) is 39.8 Å². The number of carboxylic acid groups (broad SMARTS) is 1. The van der Waals surface area contributed by atoms with Crippen LogP contribution in [0.5, 0.6) is 0 Å². The van der Waals surface area contributed by atoms with Crippen LogP contribution >= 0.6 is 0 Å². The molecule has 0 fully saturated rings. The first-order chi connectivity index (χ1) is 9.71. The predicted octanol–water partition coefficient (Wildman–Crippen LogP) is 1.64. The number of benzene rings is 1. The molecule has 21 heavy (non-hydrogen) atoms. The standard InChI is InChI=1S/C16H22N2O3/c1-16(2,3)13(17)14(19)18-8-7-11-10(9-18)5-4-6-12(11)15(20)21/h4-6,13H,7-9,17H2,1-3H3,(H,20,21)/t13-/m1/s1. The number of fused-ring (bicyclic) bond motifs is 1. The normalized spacial score (nSPS) is 16.3. The summed E-state index contributed by atoms with van der Waals surface area (Å²) in [6.07, 6.45) is 0.556. The van der Waals surface area contributed by atoms with Crippen molar-refractivity contribution in [2.75, 3.05) is 6.54 Å². The third kappa shape index (κ3) is 3.08. The molecule has 0 spiro atoms. The van der Waals surface area contributed by atoms with Crippen LogP contribution in [0, 0.1) is 5.41 Å². The van der Waals surface area contributed by atoms with Crippen LogP contribution in [0.4, 0.5) is 0 Å². The Kier molecular flexibility index (Phi) is 4.05. The van der Waals surface area contributed by atoms with Gasteiger partial charge >= 0.3 is 5.97 Å². The van der Waals surface area contributed by atoms with Crippen molar-refractivity contribution in [3.05, 3.63) is 34.9 Å². The number of nitrogens with two attached hydrogens (primary N) is 1. The highest BCUT2D eigenvalue weighted by atomic mass is 16.4. The molecule has 1 aromatic rings. The molecular weight excluding hydrogens is 268 g/mol. The third-order valence-corrected chi connectivity index (χ3v) is 4.01. The molecule has 5 nitrogen and oxygen atoms in total. The summed E-state index contributed by atoms with van der Waals surface area (Å²) in [7, 11) is 0. The van der Waals surface area contributed by atoms with E-state index in [1.165, 1.54) is 0 Å². The van der Waals surface area contributed by atoms with Crippen LogP contribution in [0.3, 0.4) is 0 Å². The van der Waals surface area contributed by atoms with Gasteiger partial charge in [0.1, 0.15) is 0 Å². The summed E-state index contributed by atoms with van der Waals surface area (Å²) < 4.78 is 0. The SMILES string of the molecule is CC(C)(C)[C@H](N)C(=O)N1CCc2c(cccc2C(=O)O)C1. The van der Waals surface area contributed by atoms with E-state index in [2.05, 4.69) is 0 Å². The Balaban J connectivity index is 2.23. The molecule has 3 N–H and O–H groups in total. The Morgan fingerprint density at radius 2 is 2.00 bits per heavy atom. The largest absolute Gasteiger partial charge is 0.478 e. The van der Waals surface area contributed by atoms with Crippen molar-refractivity contribution >= 4 is 11.9 Å². The Hall–Kier alpha value is -1.88. The lowest BCUT2D eigenvalue weighted by Gasteiger charge is -2.35. The van der Waals surface area contributed by atoms with Crippen molar-refractivity contribution in [1.29, 1.82) is 0 Å². The predicted molar refractivity (Wildman–Crippen MR) is 80.0 cm³/mol. The smallest absolute Gasteiger partial charge is 0.335 e. The second-order valence-electron chi connectivity index (χ2n) is 6.60. The molecule has 1 amide bonds. The summed E-state index contributed by atoms with van der Waals surface area (Å²) >= 11 is 0. The summed E-state index contributed by atoms with van der Waals surface area (Å²) in [5.41, 5.74) is 7.81. The van der Waals surface area contributed by atoms with Gasteiger partial charge < -0.3 is 15.7 Å². The quantitative estimate of drug-likeness (QED) is 0.867. The molecule has 1 aliphatic heterocycles. The Bertz CT molecular complexity index is 575. The fourth-order valence-corrected chi connectivity index (χ4v) is 2.57. The molecule has 1 aliphatic rings. The second-order valence-corrected chi connectivity index (χ2v) is 6.60. The lowest BCUT2D eigenvalue weighted by atomic mass is 9.85. The zero-order valence-corrected chi connectivity index (χ0v) is 12.7. The maximum Gasteiger partial charge on any atom is 0.335 e. The van der Waals surface area contributed by atoms with Gasteiger partial charge in [-0.25, -0.2) is 4.79 Å². The number of rotatable bonds is 2. The van der Waals surface area contributed by atoms with Gasteiger partial charge in [0.2, 0.25) is 5.91 Å². The number of hydrogen-bond acceptors (Lipinski definition) is 3. The molecular formula is C16H22N2O3. The minimum atomic E-state index is -0.919. The van der Waals surface area contributed by atoms with Gasteiger partial charge in [-0.2, -0.15) is 0 Å². The maximum absolute atomic E-state index is 12.5. The topological polar surface area (TPSA) is 83.6 Å². The van der Waals surface area contributed by atoms with Crippen LogP contribution < -0.4 is 5.73 Å². The number of carbonyl (C=O) groups excluding carboxylic acids is 1. The van der Waals surface area contributed by atoms with Crippen LogP contribution in [0.1, 0.15) is 42.3 Å². The second kappa shape index (κ2) is 5.48. The van der Waals surface area contributed by atoms with E-state index in [0.29, 0.717) is 25.1 Å². The van der Waals surface area contributed by atoms with Gasteiger partial charge in [-0.05, 0) is 29.0 Å². The van der Waals surface area contributed by atoms with E-state index in [-0.39, 0.29) is 11.3 Å².